The van der Waals surface area contributed by atoms with Gasteiger partial charge in [0.15, 0.2) is 0 Å². The van der Waals surface area contributed by atoms with Gasteiger partial charge < -0.3 is 5.73 Å². The van der Waals surface area contributed by atoms with Crippen molar-refractivity contribution in [3.05, 3.63) is 35.9 Å². The molecule has 0 spiro atoms. The fraction of sp³-hybridized carbons (Fsp3) is 0.571. The molecule has 15 heavy (non-hydrogen) atoms. The van der Waals surface area contributed by atoms with Gasteiger partial charge in [0.25, 0.3) is 0 Å². The summed E-state index contributed by atoms with van der Waals surface area (Å²) in [4.78, 5) is 0. The van der Waals surface area contributed by atoms with Crippen molar-refractivity contribution in [1.29, 1.82) is 0 Å². The van der Waals surface area contributed by atoms with Gasteiger partial charge in [0.1, 0.15) is 0 Å². The lowest BCUT2D eigenvalue weighted by Crippen LogP contribution is -2.39. The average Bonchev–Trinajstić information content (AvgIpc) is 3.14. The minimum Gasteiger partial charge on any atom is -0.324 e. The second-order valence-corrected chi connectivity index (χ2v) is 5.30. The van der Waals surface area contributed by atoms with Crippen LogP contribution in [0.25, 0.3) is 0 Å². The van der Waals surface area contributed by atoms with E-state index in [9.17, 15) is 0 Å². The van der Waals surface area contributed by atoms with Crippen molar-refractivity contribution in [1.82, 2.24) is 0 Å². The van der Waals surface area contributed by atoms with Crippen molar-refractivity contribution in [2.45, 2.75) is 43.6 Å². The monoisotopic (exact) mass is 201 g/mol. The predicted molar refractivity (Wildman–Crippen MR) is 62.7 cm³/mol. The van der Waals surface area contributed by atoms with Crippen molar-refractivity contribution in [3.8, 4) is 0 Å². The van der Waals surface area contributed by atoms with Crippen LogP contribution in [0.4, 0.5) is 0 Å². The molecule has 1 aromatic rings. The van der Waals surface area contributed by atoms with Crippen LogP contribution in [0, 0.1) is 5.92 Å². The van der Waals surface area contributed by atoms with Crippen molar-refractivity contribution in [3.63, 3.8) is 0 Å². The van der Waals surface area contributed by atoms with Gasteiger partial charge in [-0.05, 0) is 30.7 Å². The SMILES string of the molecule is CCC1CC1(N)C1(c2ccccc2)CC1. The van der Waals surface area contributed by atoms with E-state index in [0.29, 0.717) is 5.41 Å². The van der Waals surface area contributed by atoms with Gasteiger partial charge in [0.2, 0.25) is 0 Å². The maximum atomic E-state index is 6.57. The molecule has 1 aromatic carbocycles. The molecule has 1 nitrogen and oxygen atoms in total. The lowest BCUT2D eigenvalue weighted by Gasteiger charge is -2.25. The first-order valence-corrected chi connectivity index (χ1v) is 6.07. The molecule has 0 aromatic heterocycles. The first kappa shape index (κ1) is 9.41. The zero-order valence-electron chi connectivity index (χ0n) is 9.37. The summed E-state index contributed by atoms with van der Waals surface area (Å²) >= 11 is 0. The molecule has 2 aliphatic carbocycles. The Bertz CT molecular complexity index is 366. The summed E-state index contributed by atoms with van der Waals surface area (Å²) in [6, 6.07) is 10.9. The molecule has 2 N–H and O–H groups in total. The average molecular weight is 201 g/mol. The van der Waals surface area contributed by atoms with Gasteiger partial charge in [-0.25, -0.2) is 0 Å². The maximum Gasteiger partial charge on any atom is 0.0284 e. The standard InChI is InChI=1S/C14H19N/c1-2-11-10-14(11,15)13(8-9-13)12-6-4-3-5-7-12/h3-7,11H,2,8-10,15H2,1H3. The summed E-state index contributed by atoms with van der Waals surface area (Å²) in [5.41, 5.74) is 8.52. The van der Waals surface area contributed by atoms with E-state index < -0.39 is 0 Å². The second kappa shape index (κ2) is 2.85. The van der Waals surface area contributed by atoms with Gasteiger partial charge in [-0.1, -0.05) is 43.7 Å². The number of hydrogen-bond acceptors (Lipinski definition) is 1. The van der Waals surface area contributed by atoms with Crippen LogP contribution < -0.4 is 5.73 Å². The highest BCUT2D eigenvalue weighted by molar-refractivity contribution is 5.41. The van der Waals surface area contributed by atoms with Crippen molar-refractivity contribution in [2.24, 2.45) is 11.7 Å². The van der Waals surface area contributed by atoms with Gasteiger partial charge in [0.05, 0.1) is 0 Å². The molecule has 80 valence electrons. The fourth-order valence-electron chi connectivity index (χ4n) is 3.35. The highest BCUT2D eigenvalue weighted by Gasteiger charge is 2.68. The Morgan fingerprint density at radius 2 is 1.93 bits per heavy atom. The molecule has 0 amide bonds. The Labute approximate surface area is 91.7 Å². The summed E-state index contributed by atoms with van der Waals surface area (Å²) in [6.07, 6.45) is 5.07. The van der Waals surface area contributed by atoms with Crippen LogP contribution in [0.1, 0.15) is 38.2 Å². The minimum atomic E-state index is 0.128. The number of nitrogens with two attached hydrogens (primary N) is 1. The number of benzene rings is 1. The van der Waals surface area contributed by atoms with Crippen molar-refractivity contribution in [2.75, 3.05) is 0 Å². The Balaban J connectivity index is 1.93. The molecule has 1 heteroatoms. The van der Waals surface area contributed by atoms with Crippen LogP contribution in [-0.4, -0.2) is 5.54 Å². The first-order chi connectivity index (χ1) is 7.23. The second-order valence-electron chi connectivity index (χ2n) is 5.30. The van der Waals surface area contributed by atoms with E-state index in [1.165, 1.54) is 31.2 Å². The third-order valence-corrected chi connectivity index (χ3v) is 4.61. The van der Waals surface area contributed by atoms with E-state index in [1.54, 1.807) is 0 Å². The predicted octanol–water partition coefficient (Wildman–Crippen LogP) is 2.85. The Kier molecular flexibility index (Phi) is 1.79. The molecule has 2 atom stereocenters. The van der Waals surface area contributed by atoms with Gasteiger partial charge >= 0.3 is 0 Å². The van der Waals surface area contributed by atoms with Crippen LogP contribution in [0.5, 0.6) is 0 Å². The van der Waals surface area contributed by atoms with Crippen LogP contribution in [0.2, 0.25) is 0 Å². The summed E-state index contributed by atoms with van der Waals surface area (Å²) in [6.45, 7) is 2.26. The van der Waals surface area contributed by atoms with E-state index in [4.69, 9.17) is 5.73 Å². The van der Waals surface area contributed by atoms with Crippen molar-refractivity contribution < 1.29 is 0 Å². The topological polar surface area (TPSA) is 26.0 Å². The van der Waals surface area contributed by atoms with Crippen LogP contribution >= 0.6 is 0 Å². The highest BCUT2D eigenvalue weighted by Crippen LogP contribution is 2.66. The fourth-order valence-corrected chi connectivity index (χ4v) is 3.35. The van der Waals surface area contributed by atoms with E-state index in [0.717, 1.165) is 5.92 Å². The maximum absolute atomic E-state index is 6.57. The first-order valence-electron chi connectivity index (χ1n) is 6.07. The molecule has 3 rings (SSSR count). The molecule has 0 heterocycles. The van der Waals surface area contributed by atoms with Gasteiger partial charge in [-0.2, -0.15) is 0 Å². The minimum absolute atomic E-state index is 0.128. The lowest BCUT2D eigenvalue weighted by atomic mass is 9.84. The van der Waals surface area contributed by atoms with E-state index in [2.05, 4.69) is 37.3 Å². The third-order valence-electron chi connectivity index (χ3n) is 4.61. The van der Waals surface area contributed by atoms with Crippen molar-refractivity contribution >= 4 is 0 Å². The van der Waals surface area contributed by atoms with Crippen LogP contribution in [0.3, 0.4) is 0 Å². The lowest BCUT2D eigenvalue weighted by molar-refractivity contribution is 0.454. The number of rotatable bonds is 3. The molecule has 0 saturated heterocycles. The normalized spacial score (nSPS) is 36.3. The molecule has 2 unspecified atom stereocenters. The Morgan fingerprint density at radius 1 is 1.27 bits per heavy atom. The molecule has 0 bridgehead atoms. The summed E-state index contributed by atoms with van der Waals surface area (Å²) < 4.78 is 0. The van der Waals surface area contributed by atoms with Crippen LogP contribution in [0.15, 0.2) is 30.3 Å². The molecule has 0 aliphatic heterocycles. The van der Waals surface area contributed by atoms with Gasteiger partial charge in [-0.3, -0.25) is 0 Å². The quantitative estimate of drug-likeness (QED) is 0.799. The van der Waals surface area contributed by atoms with Gasteiger partial charge in [0, 0.05) is 11.0 Å². The molecular formula is C14H19N. The zero-order chi connectivity index (χ0) is 10.5. The molecule has 2 fully saturated rings. The smallest absolute Gasteiger partial charge is 0.0284 e. The van der Waals surface area contributed by atoms with Crippen LogP contribution in [-0.2, 0) is 5.41 Å². The summed E-state index contributed by atoms with van der Waals surface area (Å²) in [7, 11) is 0. The number of hydrogen-bond donors (Lipinski definition) is 1. The summed E-state index contributed by atoms with van der Waals surface area (Å²) in [5.74, 6) is 0.764. The Morgan fingerprint density at radius 3 is 2.40 bits per heavy atom. The van der Waals surface area contributed by atoms with Gasteiger partial charge in [-0.15, -0.1) is 0 Å². The highest BCUT2D eigenvalue weighted by atomic mass is 14.9. The third kappa shape index (κ3) is 1.13. The molecule has 0 radical (unpaired) electrons. The zero-order valence-corrected chi connectivity index (χ0v) is 9.37. The molecule has 2 saturated carbocycles. The Hall–Kier alpha value is -0.820. The van der Waals surface area contributed by atoms with E-state index >= 15 is 0 Å². The van der Waals surface area contributed by atoms with E-state index in [1.807, 2.05) is 0 Å². The van der Waals surface area contributed by atoms with E-state index in [-0.39, 0.29) is 5.54 Å². The molecule has 2 aliphatic rings. The largest absolute Gasteiger partial charge is 0.324 e. The summed E-state index contributed by atoms with van der Waals surface area (Å²) in [5, 5.41) is 0. The molecular weight excluding hydrogens is 182 g/mol.